The Kier molecular flexibility index (Phi) is 9.26. The van der Waals surface area contributed by atoms with E-state index in [9.17, 15) is 4.79 Å². The van der Waals surface area contributed by atoms with E-state index in [1.807, 2.05) is 11.8 Å². The third-order valence-electron chi connectivity index (χ3n) is 2.18. The molecule has 0 aliphatic carbocycles. The second-order valence-electron chi connectivity index (χ2n) is 3.51. The molecule has 0 radical (unpaired) electrons. The molecule has 0 aromatic rings. The Morgan fingerprint density at radius 2 is 2.00 bits per heavy atom. The van der Waals surface area contributed by atoms with Crippen molar-refractivity contribution in [1.82, 2.24) is 0 Å². The van der Waals surface area contributed by atoms with Crippen LogP contribution in [0.5, 0.6) is 0 Å². The van der Waals surface area contributed by atoms with Crippen molar-refractivity contribution in [1.29, 1.82) is 0 Å². The molecule has 0 aromatic heterocycles. The molecule has 0 heterocycles. The zero-order chi connectivity index (χ0) is 10.8. The van der Waals surface area contributed by atoms with Crippen molar-refractivity contribution in [3.63, 3.8) is 0 Å². The van der Waals surface area contributed by atoms with E-state index >= 15 is 0 Å². The molecule has 14 heavy (non-hydrogen) atoms. The van der Waals surface area contributed by atoms with E-state index in [2.05, 4.69) is 13.8 Å². The van der Waals surface area contributed by atoms with E-state index in [0.717, 1.165) is 18.1 Å². The number of carboxylic acid groups (broad SMARTS) is 1. The minimum atomic E-state index is -0.666. The highest BCUT2D eigenvalue weighted by Gasteiger charge is 2.07. The Balaban J connectivity index is 3.44. The van der Waals surface area contributed by atoms with E-state index in [0.29, 0.717) is 6.42 Å². The zero-order valence-electron chi connectivity index (χ0n) is 9.29. The highest BCUT2D eigenvalue weighted by atomic mass is 32.2. The summed E-state index contributed by atoms with van der Waals surface area (Å²) in [7, 11) is 0. The summed E-state index contributed by atoms with van der Waals surface area (Å²) in [4.78, 5) is 10.3. The topological polar surface area (TPSA) is 37.3 Å². The zero-order valence-corrected chi connectivity index (χ0v) is 10.1. The summed E-state index contributed by atoms with van der Waals surface area (Å²) in [6.07, 6.45) is 5.90. The molecule has 2 nitrogen and oxygen atoms in total. The van der Waals surface area contributed by atoms with Gasteiger partial charge in [0.25, 0.3) is 0 Å². The number of hydrogen-bond donors (Lipinski definition) is 1. The SMILES string of the molecule is CCCC(CCCCC(=O)O)SCC. The van der Waals surface area contributed by atoms with Crippen LogP contribution in [0.15, 0.2) is 0 Å². The summed E-state index contributed by atoms with van der Waals surface area (Å²) in [6.45, 7) is 4.39. The van der Waals surface area contributed by atoms with Gasteiger partial charge in [0.15, 0.2) is 0 Å². The van der Waals surface area contributed by atoms with Crippen molar-refractivity contribution in [2.75, 3.05) is 5.75 Å². The second-order valence-corrected chi connectivity index (χ2v) is 5.08. The minimum Gasteiger partial charge on any atom is -0.481 e. The van der Waals surface area contributed by atoms with Gasteiger partial charge in [0.2, 0.25) is 0 Å². The molecule has 3 heteroatoms. The Morgan fingerprint density at radius 1 is 1.29 bits per heavy atom. The van der Waals surface area contributed by atoms with E-state index < -0.39 is 5.97 Å². The first-order valence-electron chi connectivity index (χ1n) is 5.54. The molecule has 0 amide bonds. The number of aliphatic carboxylic acids is 1. The lowest BCUT2D eigenvalue weighted by Gasteiger charge is -2.13. The summed E-state index contributed by atoms with van der Waals surface area (Å²) < 4.78 is 0. The van der Waals surface area contributed by atoms with E-state index in [-0.39, 0.29) is 0 Å². The molecule has 0 saturated carbocycles. The quantitative estimate of drug-likeness (QED) is 0.601. The van der Waals surface area contributed by atoms with Crippen molar-refractivity contribution in [3.8, 4) is 0 Å². The van der Waals surface area contributed by atoms with Gasteiger partial charge in [-0.1, -0.05) is 26.7 Å². The molecule has 0 rings (SSSR count). The van der Waals surface area contributed by atoms with E-state index in [1.54, 1.807) is 0 Å². The maximum Gasteiger partial charge on any atom is 0.303 e. The van der Waals surface area contributed by atoms with Gasteiger partial charge in [-0.05, 0) is 25.0 Å². The lowest BCUT2D eigenvalue weighted by Crippen LogP contribution is -2.03. The summed E-state index contributed by atoms with van der Waals surface area (Å²) in [6, 6.07) is 0. The third-order valence-corrected chi connectivity index (χ3v) is 3.46. The average Bonchev–Trinajstić information content (AvgIpc) is 2.12. The molecule has 0 aromatic carbocycles. The van der Waals surface area contributed by atoms with Crippen molar-refractivity contribution in [2.24, 2.45) is 0 Å². The fourth-order valence-electron chi connectivity index (χ4n) is 1.52. The van der Waals surface area contributed by atoms with Crippen molar-refractivity contribution in [2.45, 2.75) is 57.6 Å². The van der Waals surface area contributed by atoms with Crippen LogP contribution >= 0.6 is 11.8 Å². The Morgan fingerprint density at radius 3 is 2.50 bits per heavy atom. The molecule has 84 valence electrons. The highest BCUT2D eigenvalue weighted by molar-refractivity contribution is 7.99. The van der Waals surface area contributed by atoms with Crippen LogP contribution in [-0.4, -0.2) is 22.1 Å². The summed E-state index contributed by atoms with van der Waals surface area (Å²) >= 11 is 2.01. The third kappa shape index (κ3) is 8.42. The molecule has 1 atom stereocenters. The molecule has 0 saturated heterocycles. The molecule has 0 aliphatic rings. The second kappa shape index (κ2) is 9.38. The van der Waals surface area contributed by atoms with Crippen molar-refractivity contribution >= 4 is 17.7 Å². The van der Waals surface area contributed by atoms with Gasteiger partial charge in [-0.25, -0.2) is 0 Å². The van der Waals surface area contributed by atoms with Gasteiger partial charge in [0.1, 0.15) is 0 Å². The van der Waals surface area contributed by atoms with Gasteiger partial charge in [0.05, 0.1) is 0 Å². The maximum absolute atomic E-state index is 10.3. The number of hydrogen-bond acceptors (Lipinski definition) is 2. The molecule has 0 spiro atoms. The van der Waals surface area contributed by atoms with Gasteiger partial charge in [-0.3, -0.25) is 4.79 Å². The van der Waals surface area contributed by atoms with Gasteiger partial charge >= 0.3 is 5.97 Å². The normalized spacial score (nSPS) is 12.7. The Labute approximate surface area is 91.5 Å². The average molecular weight is 218 g/mol. The first-order chi connectivity index (χ1) is 6.70. The van der Waals surface area contributed by atoms with Crippen LogP contribution in [0.25, 0.3) is 0 Å². The number of unbranched alkanes of at least 4 members (excludes halogenated alkanes) is 1. The van der Waals surface area contributed by atoms with Crippen molar-refractivity contribution < 1.29 is 9.90 Å². The standard InChI is InChI=1S/C11H22O2S/c1-3-7-10(14-4-2)8-5-6-9-11(12)13/h10H,3-9H2,1-2H3,(H,12,13). The number of carboxylic acids is 1. The molecule has 0 fully saturated rings. The largest absolute Gasteiger partial charge is 0.481 e. The predicted molar refractivity (Wildman–Crippen MR) is 62.9 cm³/mol. The van der Waals surface area contributed by atoms with Gasteiger partial charge in [0, 0.05) is 11.7 Å². The lowest BCUT2D eigenvalue weighted by molar-refractivity contribution is -0.137. The Bertz CT molecular complexity index is 142. The van der Waals surface area contributed by atoms with Crippen LogP contribution in [-0.2, 0) is 4.79 Å². The summed E-state index contributed by atoms with van der Waals surface area (Å²) in [5.74, 6) is 0.504. The van der Waals surface area contributed by atoms with Gasteiger partial charge in [-0.15, -0.1) is 0 Å². The van der Waals surface area contributed by atoms with E-state index in [4.69, 9.17) is 5.11 Å². The van der Waals surface area contributed by atoms with Crippen LogP contribution in [0.1, 0.15) is 52.4 Å². The molecule has 1 N–H and O–H groups in total. The van der Waals surface area contributed by atoms with Gasteiger partial charge in [-0.2, -0.15) is 11.8 Å². The van der Waals surface area contributed by atoms with Crippen LogP contribution in [0.4, 0.5) is 0 Å². The van der Waals surface area contributed by atoms with Crippen LogP contribution < -0.4 is 0 Å². The maximum atomic E-state index is 10.3. The highest BCUT2D eigenvalue weighted by Crippen LogP contribution is 2.21. The monoisotopic (exact) mass is 218 g/mol. The van der Waals surface area contributed by atoms with Crippen LogP contribution in [0.3, 0.4) is 0 Å². The summed E-state index contributed by atoms with van der Waals surface area (Å²) in [5, 5.41) is 9.23. The predicted octanol–water partition coefficient (Wildman–Crippen LogP) is 3.55. The number of thioether (sulfide) groups is 1. The summed E-state index contributed by atoms with van der Waals surface area (Å²) in [5.41, 5.74) is 0. The first-order valence-corrected chi connectivity index (χ1v) is 6.59. The van der Waals surface area contributed by atoms with Crippen LogP contribution in [0.2, 0.25) is 0 Å². The van der Waals surface area contributed by atoms with Crippen LogP contribution in [0, 0.1) is 0 Å². The minimum absolute atomic E-state index is 0.329. The molecular formula is C11H22O2S. The fraction of sp³-hybridized carbons (Fsp3) is 0.909. The van der Waals surface area contributed by atoms with Gasteiger partial charge < -0.3 is 5.11 Å². The molecule has 0 bridgehead atoms. The number of carbonyl (C=O) groups is 1. The smallest absolute Gasteiger partial charge is 0.303 e. The van der Waals surface area contributed by atoms with E-state index in [1.165, 1.54) is 25.0 Å². The lowest BCUT2D eigenvalue weighted by atomic mass is 10.1. The Hall–Kier alpha value is -0.180. The van der Waals surface area contributed by atoms with Crippen molar-refractivity contribution in [3.05, 3.63) is 0 Å². The molecular weight excluding hydrogens is 196 g/mol. The first kappa shape index (κ1) is 13.8. The fourth-order valence-corrected chi connectivity index (χ4v) is 2.72. The molecule has 1 unspecified atom stereocenters. The molecule has 0 aliphatic heterocycles. The number of rotatable bonds is 9.